The number of nitrogens with zero attached hydrogens (tertiary/aromatic N) is 6. The van der Waals surface area contributed by atoms with Crippen LogP contribution in [0.4, 0.5) is 11.6 Å². The number of morpholine rings is 1. The zero-order valence-electron chi connectivity index (χ0n) is 19.0. The number of aliphatic hydroxyl groups is 1. The number of aromatic amines is 1. The molecule has 4 N–H and O–H groups in total. The Hall–Kier alpha value is -4.64. The summed E-state index contributed by atoms with van der Waals surface area (Å²) in [6.45, 7) is 0.384. The molecular formula is C24H18N8O4S. The predicted octanol–water partition coefficient (Wildman–Crippen LogP) is 1.64. The second kappa shape index (κ2) is 8.79. The third kappa shape index (κ3) is 3.80. The third-order valence-corrected chi connectivity index (χ3v) is 7.06. The van der Waals surface area contributed by atoms with Crippen LogP contribution < -0.4 is 16.2 Å². The van der Waals surface area contributed by atoms with Gasteiger partial charge in [-0.05, 0) is 47.9 Å². The fraction of sp³-hybridized carbons (Fsp3) is 0.167. The first-order chi connectivity index (χ1) is 17.9. The lowest BCUT2D eigenvalue weighted by molar-refractivity contribution is -0.143. The van der Waals surface area contributed by atoms with Crippen molar-refractivity contribution >= 4 is 50.1 Å². The highest BCUT2D eigenvalue weighted by Gasteiger charge is 2.38. The van der Waals surface area contributed by atoms with Gasteiger partial charge >= 0.3 is 0 Å². The summed E-state index contributed by atoms with van der Waals surface area (Å²) < 4.78 is 11.9. The molecule has 1 aliphatic rings. The predicted molar refractivity (Wildman–Crippen MR) is 135 cm³/mol. The molecule has 4 heterocycles. The first kappa shape index (κ1) is 22.8. The zero-order valence-corrected chi connectivity index (χ0v) is 19.8. The van der Waals surface area contributed by atoms with Crippen molar-refractivity contribution in [1.82, 2.24) is 24.1 Å². The molecule has 2 atom stereocenters. The van der Waals surface area contributed by atoms with Gasteiger partial charge in [-0.1, -0.05) is 0 Å². The largest absolute Gasteiger partial charge is 0.382 e. The average molecular weight is 515 g/mol. The lowest BCUT2D eigenvalue weighted by Gasteiger charge is -2.32. The molecule has 1 aliphatic heterocycles. The van der Waals surface area contributed by atoms with Gasteiger partial charge < -0.3 is 20.6 Å². The Labute approximate surface area is 212 Å². The van der Waals surface area contributed by atoms with E-state index < -0.39 is 23.7 Å². The number of H-pyrrole nitrogens is 1. The van der Waals surface area contributed by atoms with Gasteiger partial charge in [0.05, 0.1) is 46.1 Å². The summed E-state index contributed by atoms with van der Waals surface area (Å²) in [5.74, 6) is 0.100. The second-order valence-electron chi connectivity index (χ2n) is 8.36. The van der Waals surface area contributed by atoms with Gasteiger partial charge in [0.1, 0.15) is 17.7 Å². The number of anilines is 2. The van der Waals surface area contributed by atoms with Crippen molar-refractivity contribution in [3.63, 3.8) is 0 Å². The van der Waals surface area contributed by atoms with Crippen molar-refractivity contribution in [3.8, 4) is 11.8 Å². The minimum Gasteiger partial charge on any atom is -0.382 e. The molecule has 0 aliphatic carbocycles. The van der Waals surface area contributed by atoms with Crippen LogP contribution in [0.15, 0.2) is 53.5 Å². The molecule has 1 saturated heterocycles. The van der Waals surface area contributed by atoms with Crippen LogP contribution >= 0.6 is 11.5 Å². The number of nitrogen functional groups attached to an aromatic ring is 1. The van der Waals surface area contributed by atoms with Crippen LogP contribution in [-0.2, 0) is 9.53 Å². The van der Waals surface area contributed by atoms with Crippen LogP contribution in [0.2, 0.25) is 0 Å². The summed E-state index contributed by atoms with van der Waals surface area (Å²) >= 11 is 1.09. The van der Waals surface area contributed by atoms with E-state index in [1.807, 2.05) is 0 Å². The third-order valence-electron chi connectivity index (χ3n) is 6.17. The number of ether oxygens (including phenoxy) is 1. The lowest BCUT2D eigenvalue weighted by atomic mass is 10.1. The van der Waals surface area contributed by atoms with Crippen molar-refractivity contribution < 1.29 is 14.6 Å². The Morgan fingerprint density at radius 1 is 1.22 bits per heavy atom. The van der Waals surface area contributed by atoms with Crippen molar-refractivity contribution in [3.05, 3.63) is 70.4 Å². The fourth-order valence-electron chi connectivity index (χ4n) is 4.30. The number of aliphatic hydroxyl groups excluding tert-OH is 1. The van der Waals surface area contributed by atoms with E-state index in [0.717, 1.165) is 17.2 Å². The van der Waals surface area contributed by atoms with Gasteiger partial charge in [-0.15, -0.1) is 5.10 Å². The number of fused-ring (bicyclic) bond motifs is 3. The smallest absolute Gasteiger partial charge is 0.282 e. The second-order valence-corrected chi connectivity index (χ2v) is 9.14. The van der Waals surface area contributed by atoms with Crippen LogP contribution in [0, 0.1) is 11.3 Å². The Balaban J connectivity index is 1.28. The number of carbonyl (C=O) groups is 1. The van der Waals surface area contributed by atoms with Crippen molar-refractivity contribution in [2.75, 3.05) is 23.8 Å². The molecule has 37 heavy (non-hydrogen) atoms. The molecule has 0 radical (unpaired) electrons. The summed E-state index contributed by atoms with van der Waals surface area (Å²) in [5, 5.41) is 25.5. The molecule has 0 spiro atoms. The van der Waals surface area contributed by atoms with Crippen molar-refractivity contribution in [2.45, 2.75) is 12.2 Å². The number of rotatable bonds is 4. The Bertz CT molecular complexity index is 1770. The fourth-order valence-corrected chi connectivity index (χ4v) is 5.15. The van der Waals surface area contributed by atoms with E-state index in [0.29, 0.717) is 38.2 Å². The van der Waals surface area contributed by atoms with E-state index in [-0.39, 0.29) is 19.0 Å². The van der Waals surface area contributed by atoms with E-state index in [1.54, 1.807) is 53.3 Å². The monoisotopic (exact) mass is 514 g/mol. The summed E-state index contributed by atoms with van der Waals surface area (Å²) in [6.07, 6.45) is -1.12. The van der Waals surface area contributed by atoms with Gasteiger partial charge in [-0.25, -0.2) is 4.68 Å². The molecule has 184 valence electrons. The standard InChI is InChI=1S/C24H18N8O4S/c25-11-12-1-3-13(4-2-12)32-8-7-16(29-32)31-9-10-36-19(24(31)35)18(33)22-27-15-6-5-14-20(37-30-21(14)26)17(15)23(34)28-22/h1-8,18-19,33H,9-10H2,(H2,26,30)(H,27,28,34)/t18-,19-/m1/s1. The first-order valence-electron chi connectivity index (χ1n) is 11.2. The molecule has 5 aromatic rings. The number of aromatic nitrogens is 5. The number of nitrogens with two attached hydrogens (primary N) is 1. The van der Waals surface area contributed by atoms with E-state index in [2.05, 4.69) is 25.5 Å². The average Bonchev–Trinajstić information content (AvgIpc) is 3.55. The quantitative estimate of drug-likeness (QED) is 0.322. The SMILES string of the molecule is N#Cc1ccc(-n2ccc(N3CCO[C@H]([C@@H](O)c4nc(=O)c5c(ccc6c(N)nsc65)[nH]4)C3=O)n2)cc1. The van der Waals surface area contributed by atoms with Crippen molar-refractivity contribution in [2.24, 2.45) is 0 Å². The van der Waals surface area contributed by atoms with E-state index in [4.69, 9.17) is 15.7 Å². The van der Waals surface area contributed by atoms with Gasteiger partial charge in [0.25, 0.3) is 11.5 Å². The highest BCUT2D eigenvalue weighted by atomic mass is 32.1. The van der Waals surface area contributed by atoms with Gasteiger partial charge in [0.15, 0.2) is 11.9 Å². The maximum Gasteiger partial charge on any atom is 0.282 e. The van der Waals surface area contributed by atoms with Crippen molar-refractivity contribution in [1.29, 1.82) is 5.26 Å². The van der Waals surface area contributed by atoms with Crippen LogP contribution in [0.25, 0.3) is 26.7 Å². The molecule has 6 rings (SSSR count). The van der Waals surface area contributed by atoms with Gasteiger partial charge in [0.2, 0.25) is 0 Å². The molecular weight excluding hydrogens is 496 g/mol. The summed E-state index contributed by atoms with van der Waals surface area (Å²) in [6, 6.07) is 14.0. The molecule has 13 heteroatoms. The minimum absolute atomic E-state index is 0.0855. The van der Waals surface area contributed by atoms with Gasteiger partial charge in [-0.3, -0.25) is 14.5 Å². The maximum absolute atomic E-state index is 13.3. The number of amides is 1. The van der Waals surface area contributed by atoms with Gasteiger partial charge in [0, 0.05) is 17.6 Å². The Morgan fingerprint density at radius 2 is 2.03 bits per heavy atom. The number of benzene rings is 2. The number of nitrogens with one attached hydrogen (secondary N) is 1. The van der Waals surface area contributed by atoms with E-state index in [1.165, 1.54) is 4.90 Å². The van der Waals surface area contributed by atoms with Crippen LogP contribution in [-0.4, -0.2) is 54.4 Å². The van der Waals surface area contributed by atoms with Crippen LogP contribution in [0.1, 0.15) is 17.5 Å². The normalized spacial score (nSPS) is 16.8. The molecule has 0 unspecified atom stereocenters. The molecule has 0 bridgehead atoms. The lowest BCUT2D eigenvalue weighted by Crippen LogP contribution is -2.50. The van der Waals surface area contributed by atoms with E-state index >= 15 is 0 Å². The number of carbonyl (C=O) groups excluding carboxylic acids is 1. The summed E-state index contributed by atoms with van der Waals surface area (Å²) in [7, 11) is 0. The summed E-state index contributed by atoms with van der Waals surface area (Å²) in [4.78, 5) is 34.6. The first-order valence-corrected chi connectivity index (χ1v) is 12.0. The van der Waals surface area contributed by atoms with E-state index in [9.17, 15) is 14.7 Å². The number of nitriles is 1. The Morgan fingerprint density at radius 3 is 2.81 bits per heavy atom. The minimum atomic E-state index is -1.52. The maximum atomic E-state index is 13.3. The molecule has 3 aromatic heterocycles. The molecule has 1 fully saturated rings. The molecule has 12 nitrogen and oxygen atoms in total. The van der Waals surface area contributed by atoms with Crippen LogP contribution in [0.5, 0.6) is 0 Å². The number of hydrogen-bond acceptors (Lipinski definition) is 10. The molecule has 1 amide bonds. The highest BCUT2D eigenvalue weighted by Crippen LogP contribution is 2.30. The van der Waals surface area contributed by atoms with Crippen LogP contribution in [0.3, 0.4) is 0 Å². The summed E-state index contributed by atoms with van der Waals surface area (Å²) in [5.41, 5.74) is 6.98. The topological polar surface area (TPSA) is 176 Å². The highest BCUT2D eigenvalue weighted by molar-refractivity contribution is 7.14. The molecule has 0 saturated carbocycles. The zero-order chi connectivity index (χ0) is 25.7. The number of hydrogen-bond donors (Lipinski definition) is 3. The van der Waals surface area contributed by atoms with Gasteiger partial charge in [-0.2, -0.15) is 14.6 Å². The molecule has 2 aromatic carbocycles. The Kier molecular flexibility index (Phi) is 5.41.